The van der Waals surface area contributed by atoms with Gasteiger partial charge < -0.3 is 10.4 Å². The van der Waals surface area contributed by atoms with Crippen LogP contribution in [0.5, 0.6) is 0 Å². The maximum atomic E-state index is 14.6. The van der Waals surface area contributed by atoms with Gasteiger partial charge in [-0.3, -0.25) is 24.2 Å². The highest BCUT2D eigenvalue weighted by molar-refractivity contribution is 6.31. The Bertz CT molecular complexity index is 1670. The number of alkyl halides is 2. The Kier molecular flexibility index (Phi) is 9.60. The largest absolute Gasteiger partial charge is 0.383 e. The molecule has 0 bridgehead atoms. The number of pyridine rings is 1. The Hall–Kier alpha value is -4.54. The molecule has 1 saturated heterocycles. The number of hydrogen-bond donors (Lipinski definition) is 2. The number of halogens is 5. The molecule has 46 heavy (non-hydrogen) atoms. The molecular weight excluding hydrogens is 630 g/mol. The van der Waals surface area contributed by atoms with Crippen molar-refractivity contribution < 1.29 is 37.1 Å². The summed E-state index contributed by atoms with van der Waals surface area (Å²) in [6.07, 6.45) is -2.01. The highest BCUT2D eigenvalue weighted by Gasteiger charge is 2.44. The Labute approximate surface area is 266 Å². The van der Waals surface area contributed by atoms with E-state index in [-0.39, 0.29) is 46.9 Å². The second-order valence-electron chi connectivity index (χ2n) is 11.3. The van der Waals surface area contributed by atoms with E-state index < -0.39 is 78.8 Å². The Balaban J connectivity index is 1.56. The third kappa shape index (κ3) is 7.13. The van der Waals surface area contributed by atoms with Crippen LogP contribution in [0.4, 0.5) is 29.1 Å². The first kappa shape index (κ1) is 32.8. The molecule has 3 atom stereocenters. The number of anilines is 2. The smallest absolute Gasteiger partial charge is 0.257 e. The molecular formula is C32H28ClF4N5O4. The molecule has 5 rings (SSSR count). The quantitative estimate of drug-likeness (QED) is 0.321. The van der Waals surface area contributed by atoms with Crippen molar-refractivity contribution in [1.29, 1.82) is 5.26 Å². The van der Waals surface area contributed by atoms with Crippen molar-refractivity contribution in [2.24, 2.45) is 0 Å². The average molecular weight is 658 g/mol. The number of nitriles is 1. The molecule has 0 unspecified atom stereocenters. The molecule has 1 aliphatic carbocycles. The van der Waals surface area contributed by atoms with Crippen LogP contribution in [0.2, 0.25) is 5.02 Å². The number of hydrogen-bond acceptors (Lipinski definition) is 6. The molecule has 0 spiro atoms. The van der Waals surface area contributed by atoms with Gasteiger partial charge in [0, 0.05) is 54.6 Å². The van der Waals surface area contributed by atoms with Crippen molar-refractivity contribution in [3.63, 3.8) is 0 Å². The molecule has 3 amide bonds. The van der Waals surface area contributed by atoms with Gasteiger partial charge >= 0.3 is 0 Å². The number of aliphatic hydroxyl groups excluding tert-OH is 1. The molecule has 2 aliphatic rings. The minimum atomic E-state index is -2.87. The summed E-state index contributed by atoms with van der Waals surface area (Å²) >= 11 is 6.50. The van der Waals surface area contributed by atoms with Gasteiger partial charge in [-0.05, 0) is 43.2 Å². The van der Waals surface area contributed by atoms with Gasteiger partial charge in [0.15, 0.2) is 0 Å². The monoisotopic (exact) mass is 657 g/mol. The van der Waals surface area contributed by atoms with Gasteiger partial charge in [-0.1, -0.05) is 29.8 Å². The lowest BCUT2D eigenvalue weighted by molar-refractivity contribution is -0.128. The average Bonchev–Trinajstić information content (AvgIpc) is 3.28. The fourth-order valence-corrected chi connectivity index (χ4v) is 6.11. The van der Waals surface area contributed by atoms with Crippen LogP contribution < -0.4 is 15.1 Å². The first-order valence-corrected chi connectivity index (χ1v) is 14.8. The minimum Gasteiger partial charge on any atom is -0.383 e. The fraction of sp³-hybridized carbons (Fsp3) is 0.344. The zero-order valence-electron chi connectivity index (χ0n) is 24.2. The number of carbonyl (C=O) groups is 3. The lowest BCUT2D eigenvalue weighted by Gasteiger charge is -2.35. The molecule has 0 radical (unpaired) electrons. The number of benzene rings is 2. The Morgan fingerprint density at radius 1 is 1.13 bits per heavy atom. The summed E-state index contributed by atoms with van der Waals surface area (Å²) in [5, 5.41) is 22.5. The normalized spacial score (nSPS) is 20.2. The zero-order chi connectivity index (χ0) is 33.2. The van der Waals surface area contributed by atoms with Gasteiger partial charge in [-0.2, -0.15) is 5.26 Å². The minimum absolute atomic E-state index is 0.00347. The maximum Gasteiger partial charge on any atom is 0.257 e. The van der Waals surface area contributed by atoms with Crippen LogP contribution in [0.25, 0.3) is 0 Å². The summed E-state index contributed by atoms with van der Waals surface area (Å²) in [7, 11) is 0. The SMILES string of the molecule is N#Cc1ccnc(N2C(=O)[C@@H](O)C[C@H]2CC(=O)N(c2cc(F)cc(F)c2)[C@H](C(=O)NC2CCC(F)(F)CC2)c2ccccc2Cl)c1. The third-order valence-electron chi connectivity index (χ3n) is 8.08. The number of carbonyl (C=O) groups excluding carboxylic acids is 3. The molecule has 2 heterocycles. The van der Waals surface area contributed by atoms with E-state index in [2.05, 4.69) is 10.3 Å². The maximum absolute atomic E-state index is 14.6. The molecule has 240 valence electrons. The summed E-state index contributed by atoms with van der Waals surface area (Å²) < 4.78 is 56.9. The van der Waals surface area contributed by atoms with Gasteiger partial charge in [-0.25, -0.2) is 22.5 Å². The molecule has 1 saturated carbocycles. The van der Waals surface area contributed by atoms with Crippen LogP contribution in [-0.2, 0) is 14.4 Å². The highest BCUT2D eigenvalue weighted by Crippen LogP contribution is 2.37. The molecule has 1 aliphatic heterocycles. The molecule has 2 fully saturated rings. The highest BCUT2D eigenvalue weighted by atomic mass is 35.5. The van der Waals surface area contributed by atoms with E-state index in [4.69, 9.17) is 11.6 Å². The number of amides is 3. The lowest BCUT2D eigenvalue weighted by atomic mass is 9.91. The number of nitrogens with one attached hydrogen (secondary N) is 1. The van der Waals surface area contributed by atoms with Gasteiger partial charge in [-0.15, -0.1) is 0 Å². The second-order valence-corrected chi connectivity index (χ2v) is 11.7. The molecule has 2 N–H and O–H groups in total. The van der Waals surface area contributed by atoms with Gasteiger partial charge in [0.1, 0.15) is 29.6 Å². The number of rotatable bonds is 8. The van der Waals surface area contributed by atoms with Crippen molar-refractivity contribution in [2.75, 3.05) is 9.80 Å². The summed E-state index contributed by atoms with van der Waals surface area (Å²) in [6.45, 7) is 0. The second kappa shape index (κ2) is 13.4. The number of nitrogens with zero attached hydrogens (tertiary/aromatic N) is 4. The van der Waals surface area contributed by atoms with Gasteiger partial charge in [0.25, 0.3) is 5.91 Å². The number of aromatic nitrogens is 1. The molecule has 9 nitrogen and oxygen atoms in total. The van der Waals surface area contributed by atoms with Gasteiger partial charge in [0.05, 0.1) is 23.4 Å². The first-order chi connectivity index (χ1) is 21.9. The Morgan fingerprint density at radius 3 is 2.46 bits per heavy atom. The van der Waals surface area contributed by atoms with Crippen molar-refractivity contribution in [2.45, 2.75) is 68.7 Å². The summed E-state index contributed by atoms with van der Waals surface area (Å²) in [5.41, 5.74) is -0.0977. The van der Waals surface area contributed by atoms with Crippen LogP contribution in [0.3, 0.4) is 0 Å². The topological polar surface area (TPSA) is 127 Å². The lowest BCUT2D eigenvalue weighted by Crippen LogP contribution is -2.49. The molecule has 14 heteroatoms. The summed E-state index contributed by atoms with van der Waals surface area (Å²) in [4.78, 5) is 47.4. The van der Waals surface area contributed by atoms with Crippen LogP contribution in [0.15, 0.2) is 60.8 Å². The van der Waals surface area contributed by atoms with E-state index in [0.29, 0.717) is 6.07 Å². The van der Waals surface area contributed by atoms with Crippen LogP contribution in [0.1, 0.15) is 55.7 Å². The van der Waals surface area contributed by atoms with E-state index in [1.807, 2.05) is 6.07 Å². The predicted molar refractivity (Wildman–Crippen MR) is 159 cm³/mol. The molecule has 1 aromatic heterocycles. The summed E-state index contributed by atoms with van der Waals surface area (Å²) in [6, 6.07) is 9.61. The standard InChI is InChI=1S/C32H28ClF4N5O4/c33-25-4-2-1-3-24(25)29(30(45)40-21-5-8-32(36,37)9-6-21)42(22-13-19(34)12-20(35)14-22)28(44)16-23-15-26(43)31(46)41(23)27-11-18(17-38)7-10-39-27/h1-4,7,10-14,21,23,26,29,43H,5-6,8-9,15-16H2,(H,40,45)/t23-,26-,29-/m0/s1. The first-order valence-electron chi connectivity index (χ1n) is 14.4. The van der Waals surface area contributed by atoms with Crippen LogP contribution in [-0.4, -0.2) is 51.9 Å². The Morgan fingerprint density at radius 2 is 1.80 bits per heavy atom. The third-order valence-corrected chi connectivity index (χ3v) is 8.42. The van der Waals surface area contributed by atoms with E-state index in [9.17, 15) is 42.3 Å². The van der Waals surface area contributed by atoms with E-state index in [1.165, 1.54) is 30.5 Å². The molecule has 2 aromatic carbocycles. The van der Waals surface area contributed by atoms with Gasteiger partial charge in [0.2, 0.25) is 17.7 Å². The van der Waals surface area contributed by atoms with E-state index in [0.717, 1.165) is 21.9 Å². The van der Waals surface area contributed by atoms with Crippen molar-refractivity contribution in [1.82, 2.24) is 10.3 Å². The van der Waals surface area contributed by atoms with E-state index >= 15 is 0 Å². The fourth-order valence-electron chi connectivity index (χ4n) is 5.87. The molecule has 3 aromatic rings. The predicted octanol–water partition coefficient (Wildman–Crippen LogP) is 5.21. The van der Waals surface area contributed by atoms with Crippen molar-refractivity contribution in [3.05, 3.63) is 88.6 Å². The van der Waals surface area contributed by atoms with Crippen molar-refractivity contribution in [3.8, 4) is 6.07 Å². The zero-order valence-corrected chi connectivity index (χ0v) is 24.9. The van der Waals surface area contributed by atoms with E-state index in [1.54, 1.807) is 12.1 Å². The van der Waals surface area contributed by atoms with Crippen LogP contribution in [0, 0.1) is 23.0 Å². The number of aliphatic hydroxyl groups is 1. The summed E-state index contributed by atoms with van der Waals surface area (Å²) in [5.74, 6) is -7.47. The van der Waals surface area contributed by atoms with Crippen LogP contribution >= 0.6 is 11.6 Å². The van der Waals surface area contributed by atoms with Crippen molar-refractivity contribution >= 4 is 40.8 Å².